The minimum atomic E-state index is -0.0475. The van der Waals surface area contributed by atoms with Crippen LogP contribution in [0.4, 0.5) is 0 Å². The van der Waals surface area contributed by atoms with Gasteiger partial charge in [-0.15, -0.1) is 0 Å². The molecule has 0 radical (unpaired) electrons. The van der Waals surface area contributed by atoms with Crippen LogP contribution in [0.1, 0.15) is 72.9 Å². The Labute approximate surface area is 229 Å². The van der Waals surface area contributed by atoms with Gasteiger partial charge in [-0.25, -0.2) is 0 Å². The maximum absolute atomic E-state index is 2.39. The van der Waals surface area contributed by atoms with E-state index in [1.54, 1.807) is 0 Å². The van der Waals surface area contributed by atoms with E-state index < -0.39 is 0 Å². The lowest BCUT2D eigenvalue weighted by Gasteiger charge is -2.24. The molecule has 0 fully saturated rings. The highest BCUT2D eigenvalue weighted by Gasteiger charge is 2.38. The molecule has 0 saturated heterocycles. The van der Waals surface area contributed by atoms with Gasteiger partial charge >= 0.3 is 0 Å². The second-order valence-electron chi connectivity index (χ2n) is 10.1. The van der Waals surface area contributed by atoms with Gasteiger partial charge in [0, 0.05) is 5.41 Å². The van der Waals surface area contributed by atoms with E-state index in [0.717, 1.165) is 0 Å². The molecule has 0 heteroatoms. The van der Waals surface area contributed by atoms with Crippen molar-refractivity contribution in [1.82, 2.24) is 0 Å². The Kier molecular flexibility index (Phi) is 8.22. The number of fused-ring (bicyclic) bond motifs is 10. The van der Waals surface area contributed by atoms with Crippen molar-refractivity contribution in [2.75, 3.05) is 0 Å². The van der Waals surface area contributed by atoms with Gasteiger partial charge in [0.15, 0.2) is 0 Å². The Morgan fingerprint density at radius 3 is 1.74 bits per heavy atom. The van der Waals surface area contributed by atoms with E-state index >= 15 is 0 Å². The average Bonchev–Trinajstić information content (AvgIpc) is 3.21. The molecule has 0 N–H and O–H groups in total. The van der Waals surface area contributed by atoms with Crippen molar-refractivity contribution in [3.63, 3.8) is 0 Å². The summed E-state index contributed by atoms with van der Waals surface area (Å²) in [6.45, 7) is 17.0. The summed E-state index contributed by atoms with van der Waals surface area (Å²) in [5.74, 6) is 0. The van der Waals surface area contributed by atoms with Crippen LogP contribution in [0.5, 0.6) is 0 Å². The topological polar surface area (TPSA) is 0 Å². The highest BCUT2D eigenvalue weighted by atomic mass is 14.4. The molecule has 7 rings (SSSR count). The molecule has 6 aromatic carbocycles. The smallest absolute Gasteiger partial charge is 0.0165 e. The van der Waals surface area contributed by atoms with Crippen molar-refractivity contribution in [2.24, 2.45) is 0 Å². The zero-order chi connectivity index (χ0) is 27.4. The summed E-state index contributed by atoms with van der Waals surface area (Å²) < 4.78 is 0. The first-order chi connectivity index (χ1) is 18.5. The molecule has 0 saturated carbocycles. The molecular weight excluding hydrogens is 456 g/mol. The molecule has 0 aliphatic heterocycles. The van der Waals surface area contributed by atoms with Gasteiger partial charge in [0.2, 0.25) is 0 Å². The molecule has 0 atom stereocenters. The quantitative estimate of drug-likeness (QED) is 0.144. The standard InChI is InChI=1S/C31H22.C3H8.2C2H6/c1-31(2)27-16-14-23-17-21-8-3-4-9-22(21)18-26(23)29(27)25-15-13-20-12-11-19-7-5-6-10-24(19)28(20)30(25)31;1-3-2;2*1-2/h3-18H,1-2H3;3H2,1-2H3;2*1-2H3. The molecule has 0 aromatic heterocycles. The van der Waals surface area contributed by atoms with Crippen LogP contribution in [0.2, 0.25) is 0 Å². The predicted octanol–water partition coefficient (Wildman–Crippen LogP) is 12.1. The predicted molar refractivity (Wildman–Crippen MR) is 173 cm³/mol. The molecule has 38 heavy (non-hydrogen) atoms. The van der Waals surface area contributed by atoms with Gasteiger partial charge in [-0.05, 0) is 77.5 Å². The monoisotopic (exact) mass is 498 g/mol. The fourth-order valence-electron chi connectivity index (χ4n) is 5.91. The summed E-state index contributed by atoms with van der Waals surface area (Å²) in [5.41, 5.74) is 5.67. The summed E-state index contributed by atoms with van der Waals surface area (Å²) in [6, 6.07) is 36.1. The zero-order valence-corrected chi connectivity index (χ0v) is 24.4. The zero-order valence-electron chi connectivity index (χ0n) is 24.4. The maximum Gasteiger partial charge on any atom is 0.0165 e. The van der Waals surface area contributed by atoms with Gasteiger partial charge in [-0.1, -0.05) is 147 Å². The third-order valence-electron chi connectivity index (χ3n) is 7.36. The lowest BCUT2D eigenvalue weighted by atomic mass is 9.79. The van der Waals surface area contributed by atoms with Gasteiger partial charge in [0.1, 0.15) is 0 Å². The first-order valence-corrected chi connectivity index (χ1v) is 14.5. The van der Waals surface area contributed by atoms with Crippen LogP contribution >= 0.6 is 0 Å². The molecule has 6 aromatic rings. The molecule has 0 spiro atoms. The third-order valence-corrected chi connectivity index (χ3v) is 7.36. The minimum absolute atomic E-state index is 0.0475. The van der Waals surface area contributed by atoms with E-state index in [9.17, 15) is 0 Å². The van der Waals surface area contributed by atoms with Crippen LogP contribution < -0.4 is 0 Å². The fraction of sp³-hybridized carbons (Fsp3) is 0.263. The van der Waals surface area contributed by atoms with E-state index in [2.05, 4.69) is 125 Å². The first-order valence-electron chi connectivity index (χ1n) is 14.5. The van der Waals surface area contributed by atoms with Gasteiger partial charge in [0.05, 0.1) is 0 Å². The molecule has 0 heterocycles. The molecule has 194 valence electrons. The Morgan fingerprint density at radius 2 is 1.05 bits per heavy atom. The van der Waals surface area contributed by atoms with Crippen LogP contribution in [-0.4, -0.2) is 0 Å². The molecule has 1 aliphatic carbocycles. The third kappa shape index (κ3) is 4.37. The molecule has 0 nitrogen and oxygen atoms in total. The minimum Gasteiger partial charge on any atom is -0.0683 e. The van der Waals surface area contributed by atoms with Crippen LogP contribution in [0.15, 0.2) is 97.1 Å². The Morgan fingerprint density at radius 1 is 0.526 bits per heavy atom. The van der Waals surface area contributed by atoms with Crippen molar-refractivity contribution in [2.45, 2.75) is 67.2 Å². The highest BCUT2D eigenvalue weighted by Crippen LogP contribution is 2.54. The van der Waals surface area contributed by atoms with Crippen LogP contribution in [0.25, 0.3) is 54.2 Å². The lowest BCUT2D eigenvalue weighted by Crippen LogP contribution is -2.15. The normalized spacial score (nSPS) is 12.5. The Hall–Kier alpha value is -3.64. The van der Waals surface area contributed by atoms with Crippen molar-refractivity contribution in [3.05, 3.63) is 108 Å². The number of hydrogen-bond acceptors (Lipinski definition) is 0. The lowest BCUT2D eigenvalue weighted by molar-refractivity contribution is 0.667. The van der Waals surface area contributed by atoms with Crippen molar-refractivity contribution >= 4 is 43.1 Å². The maximum atomic E-state index is 2.39. The molecule has 0 amide bonds. The van der Waals surface area contributed by atoms with Crippen LogP contribution in [0, 0.1) is 0 Å². The summed E-state index contributed by atoms with van der Waals surface area (Å²) in [6.07, 6.45) is 1.25. The summed E-state index contributed by atoms with van der Waals surface area (Å²) in [4.78, 5) is 0. The van der Waals surface area contributed by atoms with Gasteiger partial charge in [-0.3, -0.25) is 0 Å². The van der Waals surface area contributed by atoms with Crippen molar-refractivity contribution in [3.8, 4) is 11.1 Å². The van der Waals surface area contributed by atoms with Gasteiger partial charge < -0.3 is 0 Å². The van der Waals surface area contributed by atoms with E-state index in [1.165, 1.54) is 71.8 Å². The molecule has 0 bridgehead atoms. The van der Waals surface area contributed by atoms with Gasteiger partial charge in [0.25, 0.3) is 0 Å². The summed E-state index contributed by atoms with van der Waals surface area (Å²) in [5, 5.41) is 10.7. The van der Waals surface area contributed by atoms with Crippen molar-refractivity contribution in [1.29, 1.82) is 0 Å². The number of rotatable bonds is 0. The second-order valence-corrected chi connectivity index (χ2v) is 10.1. The average molecular weight is 499 g/mol. The Balaban J connectivity index is 0.000000443. The van der Waals surface area contributed by atoms with E-state index in [-0.39, 0.29) is 5.41 Å². The van der Waals surface area contributed by atoms with E-state index in [0.29, 0.717) is 0 Å². The van der Waals surface area contributed by atoms with Crippen molar-refractivity contribution < 1.29 is 0 Å². The molecule has 1 aliphatic rings. The summed E-state index contributed by atoms with van der Waals surface area (Å²) >= 11 is 0. The first kappa shape index (κ1) is 27.4. The molecular formula is C38H42. The van der Waals surface area contributed by atoms with Crippen LogP contribution in [-0.2, 0) is 5.41 Å². The Bertz CT molecular complexity index is 1720. The summed E-state index contributed by atoms with van der Waals surface area (Å²) in [7, 11) is 0. The number of benzene rings is 6. The SMILES string of the molecule is CC.CC.CC1(C)c2ccc3cc4ccccc4cc3c2-c2ccc3ccc4ccccc4c3c21.CCC. The van der Waals surface area contributed by atoms with E-state index in [1.807, 2.05) is 27.7 Å². The largest absolute Gasteiger partial charge is 0.0683 e. The van der Waals surface area contributed by atoms with E-state index in [4.69, 9.17) is 0 Å². The second kappa shape index (κ2) is 11.4. The van der Waals surface area contributed by atoms with Gasteiger partial charge in [-0.2, -0.15) is 0 Å². The van der Waals surface area contributed by atoms with Crippen LogP contribution in [0.3, 0.4) is 0 Å². The molecule has 0 unspecified atom stereocenters. The number of hydrogen-bond donors (Lipinski definition) is 0. The fourth-order valence-corrected chi connectivity index (χ4v) is 5.91. The highest BCUT2D eigenvalue weighted by molar-refractivity contribution is 6.16.